The van der Waals surface area contributed by atoms with E-state index < -0.39 is 38.5 Å². The molecular formula is C21H24N5O9P. The summed E-state index contributed by atoms with van der Waals surface area (Å²) in [5.41, 5.74) is 7.35. The van der Waals surface area contributed by atoms with Gasteiger partial charge in [0.2, 0.25) is 5.95 Å². The number of aryl methyl sites for hydroxylation is 1. The van der Waals surface area contributed by atoms with E-state index in [1.165, 1.54) is 6.33 Å². The predicted molar refractivity (Wildman–Crippen MR) is 125 cm³/mol. The van der Waals surface area contributed by atoms with Crippen LogP contribution in [0.5, 0.6) is 0 Å². The average molecular weight is 521 g/mol. The van der Waals surface area contributed by atoms with Crippen molar-refractivity contribution in [2.24, 2.45) is 0 Å². The van der Waals surface area contributed by atoms with Gasteiger partial charge in [-0.1, -0.05) is 29.8 Å². The number of ether oxygens (including phenoxy) is 1. The van der Waals surface area contributed by atoms with Crippen LogP contribution < -0.4 is 17.1 Å². The normalized spacial score (nSPS) is 13.3. The molecule has 0 spiro atoms. The van der Waals surface area contributed by atoms with Gasteiger partial charge < -0.3 is 33.5 Å². The number of aliphatic hydroxyl groups excluding tert-OH is 1. The van der Waals surface area contributed by atoms with Gasteiger partial charge in [-0.15, -0.1) is 0 Å². The molecule has 0 aliphatic rings. The molecule has 0 saturated heterocycles. The van der Waals surface area contributed by atoms with Gasteiger partial charge in [0.15, 0.2) is 22.7 Å². The summed E-state index contributed by atoms with van der Waals surface area (Å²) >= 11 is 0. The fourth-order valence-corrected chi connectivity index (χ4v) is 4.40. The summed E-state index contributed by atoms with van der Waals surface area (Å²) in [7, 11) is -3.88. The quantitative estimate of drug-likeness (QED) is 0.180. The first-order valence-electron chi connectivity index (χ1n) is 10.7. The zero-order chi connectivity index (χ0) is 25.7. The van der Waals surface area contributed by atoms with Crippen molar-refractivity contribution in [2.75, 3.05) is 18.7 Å². The van der Waals surface area contributed by atoms with Crippen LogP contribution in [-0.4, -0.2) is 37.6 Å². The molecule has 4 aromatic rings. The predicted octanol–water partition coefficient (Wildman–Crippen LogP) is 1.65. The summed E-state index contributed by atoms with van der Waals surface area (Å²) in [5.74, 6) is -1.32. The second-order valence-corrected chi connectivity index (χ2v) is 9.70. The van der Waals surface area contributed by atoms with Gasteiger partial charge in [0, 0.05) is 6.54 Å². The average Bonchev–Trinajstić information content (AvgIpc) is 3.43. The Hall–Kier alpha value is -3.55. The van der Waals surface area contributed by atoms with Crippen LogP contribution in [0.3, 0.4) is 0 Å². The van der Waals surface area contributed by atoms with Gasteiger partial charge in [-0.25, -0.2) is 9.78 Å². The summed E-state index contributed by atoms with van der Waals surface area (Å²) in [6, 6.07) is 7.42. The number of anilines is 1. The molecule has 0 saturated carbocycles. The second-order valence-electron chi connectivity index (χ2n) is 7.70. The number of aromatic nitrogens is 4. The highest BCUT2D eigenvalue weighted by Crippen LogP contribution is 2.49. The lowest BCUT2D eigenvalue weighted by molar-refractivity contribution is 0.113. The molecular weight excluding hydrogens is 497 g/mol. The van der Waals surface area contributed by atoms with Gasteiger partial charge in [-0.2, -0.15) is 4.98 Å². The van der Waals surface area contributed by atoms with E-state index in [2.05, 4.69) is 15.0 Å². The van der Waals surface area contributed by atoms with E-state index in [4.69, 9.17) is 28.4 Å². The van der Waals surface area contributed by atoms with Crippen molar-refractivity contribution in [1.29, 1.82) is 0 Å². The molecule has 36 heavy (non-hydrogen) atoms. The Labute approximate surface area is 203 Å². The maximum Gasteiger partial charge on any atom is 0.519 e. The van der Waals surface area contributed by atoms with Crippen molar-refractivity contribution in [2.45, 2.75) is 33.3 Å². The molecule has 14 nitrogen and oxygen atoms in total. The highest BCUT2D eigenvalue weighted by atomic mass is 31.2. The summed E-state index contributed by atoms with van der Waals surface area (Å²) in [4.78, 5) is 33.7. The zero-order valence-corrected chi connectivity index (χ0v) is 20.1. The summed E-state index contributed by atoms with van der Waals surface area (Å²) in [6.07, 6.45) is 0.981. The van der Waals surface area contributed by atoms with Crippen molar-refractivity contribution >= 4 is 24.7 Å². The van der Waals surface area contributed by atoms with E-state index in [1.54, 1.807) is 4.57 Å². The highest BCUT2D eigenvalue weighted by molar-refractivity contribution is 7.53. The molecule has 192 valence electrons. The van der Waals surface area contributed by atoms with Crippen LogP contribution in [0.25, 0.3) is 11.2 Å². The van der Waals surface area contributed by atoms with Crippen molar-refractivity contribution in [3.05, 3.63) is 74.2 Å². The lowest BCUT2D eigenvalue weighted by Crippen LogP contribution is -2.13. The summed E-state index contributed by atoms with van der Waals surface area (Å²) in [6.45, 7) is 1.12. The topological polar surface area (TPSA) is 198 Å². The summed E-state index contributed by atoms with van der Waals surface area (Å²) < 4.78 is 41.1. The number of imidazole rings is 1. The molecule has 0 bridgehead atoms. The van der Waals surface area contributed by atoms with Crippen molar-refractivity contribution in [3.8, 4) is 0 Å². The first-order chi connectivity index (χ1) is 17.3. The number of nitrogens with zero attached hydrogens (tertiary/aromatic N) is 3. The molecule has 4 rings (SSSR count). The first kappa shape index (κ1) is 25.5. The number of aromatic amines is 1. The number of hydrogen-bond acceptors (Lipinski definition) is 12. The molecule has 1 aromatic carbocycles. The third-order valence-corrected chi connectivity index (χ3v) is 6.57. The highest BCUT2D eigenvalue weighted by Gasteiger charge is 2.28. The molecule has 15 heteroatoms. The standard InChI is InChI=1S/C21H24N5O9P/c1-13-2-4-14(5-3-13)9-32-36(30,33-10-16-15(8-27)34-21(29)35-16)12-31-7-6-26-11-23-17-18(26)24-20(22)25-19(17)28/h2-5,11,27H,6-10,12H2,1H3,(H3,22,24,25,28). The van der Waals surface area contributed by atoms with Gasteiger partial charge in [-0.3, -0.25) is 18.9 Å². The molecule has 0 aliphatic carbocycles. The van der Waals surface area contributed by atoms with Crippen molar-refractivity contribution < 1.29 is 32.3 Å². The maximum absolute atomic E-state index is 13.4. The minimum Gasteiger partial charge on any atom is -0.393 e. The van der Waals surface area contributed by atoms with Crippen LogP contribution in [0.15, 0.2) is 49.0 Å². The molecule has 0 fully saturated rings. The van der Waals surface area contributed by atoms with Crippen LogP contribution in [0.4, 0.5) is 5.95 Å². The largest absolute Gasteiger partial charge is 0.519 e. The number of nitrogen functional groups attached to an aromatic ring is 1. The number of hydrogen-bond donors (Lipinski definition) is 3. The molecule has 0 radical (unpaired) electrons. The third kappa shape index (κ3) is 6.17. The lowest BCUT2D eigenvalue weighted by Gasteiger charge is -2.18. The summed E-state index contributed by atoms with van der Waals surface area (Å²) in [5, 5.41) is 9.29. The number of aliphatic hydroxyl groups is 1. The fourth-order valence-electron chi connectivity index (χ4n) is 3.17. The molecule has 0 aliphatic heterocycles. The Bertz CT molecular complexity index is 1490. The Morgan fingerprint density at radius 1 is 1.14 bits per heavy atom. The van der Waals surface area contributed by atoms with Crippen molar-refractivity contribution in [3.63, 3.8) is 0 Å². The van der Waals surface area contributed by atoms with Gasteiger partial charge in [0.05, 0.1) is 19.5 Å². The minimum atomic E-state index is -3.88. The fraction of sp³-hybridized carbons (Fsp3) is 0.333. The first-order valence-corrected chi connectivity index (χ1v) is 12.4. The smallest absolute Gasteiger partial charge is 0.393 e. The van der Waals surface area contributed by atoms with Gasteiger partial charge in [0.1, 0.15) is 19.6 Å². The Morgan fingerprint density at radius 2 is 1.86 bits per heavy atom. The van der Waals surface area contributed by atoms with Crippen LogP contribution in [-0.2, 0) is 44.7 Å². The lowest BCUT2D eigenvalue weighted by atomic mass is 10.2. The number of rotatable bonds is 12. The Balaban J connectivity index is 1.42. The van der Waals surface area contributed by atoms with E-state index in [0.29, 0.717) is 0 Å². The monoisotopic (exact) mass is 521 g/mol. The molecule has 1 atom stereocenters. The van der Waals surface area contributed by atoms with Crippen LogP contribution in [0, 0.1) is 6.92 Å². The SMILES string of the molecule is Cc1ccc(COP(=O)(COCCn2cnc3c(=O)[nH]c(N)nc32)OCc2oc(=O)oc2CO)cc1. The number of benzene rings is 1. The van der Waals surface area contributed by atoms with E-state index in [-0.39, 0.29) is 48.4 Å². The van der Waals surface area contributed by atoms with E-state index in [9.17, 15) is 19.3 Å². The number of H-pyrrole nitrogens is 1. The molecule has 3 aromatic heterocycles. The van der Waals surface area contributed by atoms with E-state index in [1.807, 2.05) is 31.2 Å². The molecule has 4 N–H and O–H groups in total. The molecule has 1 unspecified atom stereocenters. The molecule has 0 amide bonds. The maximum atomic E-state index is 13.4. The van der Waals surface area contributed by atoms with Gasteiger partial charge in [0.25, 0.3) is 5.56 Å². The van der Waals surface area contributed by atoms with E-state index in [0.717, 1.165) is 11.1 Å². The van der Waals surface area contributed by atoms with Gasteiger partial charge >= 0.3 is 13.4 Å². The van der Waals surface area contributed by atoms with Gasteiger partial charge in [-0.05, 0) is 12.5 Å². The van der Waals surface area contributed by atoms with Crippen LogP contribution >= 0.6 is 7.60 Å². The number of fused-ring (bicyclic) bond motifs is 1. The van der Waals surface area contributed by atoms with Crippen LogP contribution in [0.2, 0.25) is 0 Å². The Morgan fingerprint density at radius 3 is 2.61 bits per heavy atom. The number of nitrogens with two attached hydrogens (primary N) is 1. The second kappa shape index (κ2) is 11.0. The zero-order valence-electron chi connectivity index (χ0n) is 19.2. The van der Waals surface area contributed by atoms with E-state index >= 15 is 0 Å². The Kier molecular flexibility index (Phi) is 7.82. The third-order valence-electron chi connectivity index (χ3n) is 5.03. The number of nitrogens with one attached hydrogen (secondary N) is 1. The minimum absolute atomic E-state index is 0.0265. The van der Waals surface area contributed by atoms with Crippen LogP contribution in [0.1, 0.15) is 22.6 Å². The molecule has 3 heterocycles. The van der Waals surface area contributed by atoms with Crippen molar-refractivity contribution in [1.82, 2.24) is 19.5 Å².